The molecule has 3 heterocycles. The molecule has 0 radical (unpaired) electrons. The number of amides is 4. The highest BCUT2D eigenvalue weighted by atomic mass is 16.2. The van der Waals surface area contributed by atoms with Crippen molar-refractivity contribution in [1.29, 1.82) is 0 Å². The van der Waals surface area contributed by atoms with Crippen LogP contribution in [0.2, 0.25) is 0 Å². The molecule has 1 unspecified atom stereocenters. The van der Waals surface area contributed by atoms with E-state index in [1.54, 1.807) is 12.1 Å². The number of nitrogens with zero attached hydrogens (tertiary/aromatic N) is 1. The lowest BCUT2D eigenvalue weighted by Gasteiger charge is -2.28. The summed E-state index contributed by atoms with van der Waals surface area (Å²) in [7, 11) is 0. The van der Waals surface area contributed by atoms with Crippen LogP contribution in [0.4, 0.5) is 0 Å². The Balaban J connectivity index is 1.66. The molecule has 1 aromatic carbocycles. The van der Waals surface area contributed by atoms with Gasteiger partial charge in [0.05, 0.1) is 11.1 Å². The zero-order valence-electron chi connectivity index (χ0n) is 12.3. The molecule has 1 aromatic rings. The Labute approximate surface area is 132 Å². The average Bonchev–Trinajstić information content (AvgIpc) is 2.70. The van der Waals surface area contributed by atoms with Crippen LogP contribution >= 0.6 is 0 Å². The summed E-state index contributed by atoms with van der Waals surface area (Å²) in [5.74, 6) is -1.51. The van der Waals surface area contributed by atoms with E-state index >= 15 is 0 Å². The molecule has 2 fully saturated rings. The van der Waals surface area contributed by atoms with E-state index < -0.39 is 23.8 Å². The van der Waals surface area contributed by atoms with E-state index in [9.17, 15) is 19.2 Å². The number of nitrogens with one attached hydrogen (secondary N) is 2. The number of carbonyl (C=O) groups is 4. The fourth-order valence-corrected chi connectivity index (χ4v) is 3.27. The van der Waals surface area contributed by atoms with Gasteiger partial charge in [-0.05, 0) is 24.1 Å². The topological polar surface area (TPSA) is 95.6 Å². The first kappa shape index (κ1) is 14.1. The van der Waals surface area contributed by atoms with Crippen molar-refractivity contribution in [3.63, 3.8) is 0 Å². The van der Waals surface area contributed by atoms with E-state index in [0.29, 0.717) is 17.0 Å². The van der Waals surface area contributed by atoms with Crippen LogP contribution < -0.4 is 10.6 Å². The Morgan fingerprint density at radius 1 is 1.00 bits per heavy atom. The number of rotatable bonds is 2. The summed E-state index contributed by atoms with van der Waals surface area (Å²) >= 11 is 0. The van der Waals surface area contributed by atoms with E-state index in [1.165, 1.54) is 0 Å². The molecule has 4 amide bonds. The highest BCUT2D eigenvalue weighted by Crippen LogP contribution is 2.30. The minimum absolute atomic E-state index is 0.128. The first-order valence-corrected chi connectivity index (χ1v) is 7.62. The van der Waals surface area contributed by atoms with Crippen LogP contribution in [0.25, 0.3) is 0 Å². The number of piperidine rings is 1. The number of benzene rings is 1. The maximum atomic E-state index is 12.6. The van der Waals surface area contributed by atoms with Gasteiger partial charge < -0.3 is 5.32 Å². The number of carbonyl (C=O) groups excluding carboxylic acids is 4. The van der Waals surface area contributed by atoms with Crippen molar-refractivity contribution >= 4 is 23.6 Å². The summed E-state index contributed by atoms with van der Waals surface area (Å²) in [6.07, 6.45) is 0.304. The third-order valence-electron chi connectivity index (χ3n) is 4.72. The lowest BCUT2D eigenvalue weighted by molar-refractivity contribution is -0.136. The van der Waals surface area contributed by atoms with Gasteiger partial charge in [-0.3, -0.25) is 29.4 Å². The van der Waals surface area contributed by atoms with E-state index in [1.807, 2.05) is 6.07 Å². The molecule has 2 N–H and O–H groups in total. The first-order chi connectivity index (χ1) is 11.1. The van der Waals surface area contributed by atoms with Crippen LogP contribution in [0.1, 0.15) is 45.0 Å². The summed E-state index contributed by atoms with van der Waals surface area (Å²) in [5, 5.41) is 5.36. The SMILES string of the molecule is O=C1CCC(N2C(=O)c3ccc(C4CNC4)cc3C2=O)C(=O)N1. The van der Waals surface area contributed by atoms with Crippen molar-refractivity contribution < 1.29 is 19.2 Å². The smallest absolute Gasteiger partial charge is 0.262 e. The molecule has 7 heteroatoms. The van der Waals surface area contributed by atoms with Crippen molar-refractivity contribution in [2.24, 2.45) is 0 Å². The van der Waals surface area contributed by atoms with Crippen LogP contribution in [0.3, 0.4) is 0 Å². The number of hydrogen-bond acceptors (Lipinski definition) is 5. The zero-order chi connectivity index (χ0) is 16.1. The Kier molecular flexibility index (Phi) is 3.05. The lowest BCUT2D eigenvalue weighted by atomic mass is 9.91. The predicted octanol–water partition coefficient (Wildman–Crippen LogP) is -0.225. The molecular formula is C16H15N3O4. The van der Waals surface area contributed by atoms with Crippen molar-refractivity contribution in [1.82, 2.24) is 15.5 Å². The van der Waals surface area contributed by atoms with Gasteiger partial charge in [0.2, 0.25) is 11.8 Å². The van der Waals surface area contributed by atoms with Crippen LogP contribution in [-0.2, 0) is 9.59 Å². The largest absolute Gasteiger partial charge is 0.315 e. The second kappa shape index (κ2) is 4.99. The van der Waals surface area contributed by atoms with Gasteiger partial charge in [0.1, 0.15) is 6.04 Å². The van der Waals surface area contributed by atoms with Crippen LogP contribution in [0.5, 0.6) is 0 Å². The Hall–Kier alpha value is -2.54. The van der Waals surface area contributed by atoms with Crippen LogP contribution in [0, 0.1) is 0 Å². The first-order valence-electron chi connectivity index (χ1n) is 7.62. The fourth-order valence-electron chi connectivity index (χ4n) is 3.27. The molecule has 2 saturated heterocycles. The third kappa shape index (κ3) is 2.08. The van der Waals surface area contributed by atoms with Crippen molar-refractivity contribution in [2.45, 2.75) is 24.8 Å². The van der Waals surface area contributed by atoms with Gasteiger partial charge in [-0.15, -0.1) is 0 Å². The minimum Gasteiger partial charge on any atom is -0.315 e. The van der Waals surface area contributed by atoms with E-state index in [2.05, 4.69) is 10.6 Å². The average molecular weight is 313 g/mol. The molecule has 0 saturated carbocycles. The fraction of sp³-hybridized carbons (Fsp3) is 0.375. The van der Waals surface area contributed by atoms with Gasteiger partial charge in [0.25, 0.3) is 11.8 Å². The number of imide groups is 2. The number of fused-ring (bicyclic) bond motifs is 1. The predicted molar refractivity (Wildman–Crippen MR) is 78.7 cm³/mol. The van der Waals surface area contributed by atoms with Gasteiger partial charge in [0.15, 0.2) is 0 Å². The van der Waals surface area contributed by atoms with Gasteiger partial charge in [-0.2, -0.15) is 0 Å². The minimum atomic E-state index is -0.908. The molecule has 3 aliphatic rings. The van der Waals surface area contributed by atoms with Crippen molar-refractivity contribution in [2.75, 3.05) is 13.1 Å². The molecule has 3 aliphatic heterocycles. The summed E-state index contributed by atoms with van der Waals surface area (Å²) < 4.78 is 0. The second-order valence-corrected chi connectivity index (χ2v) is 6.11. The normalized spacial score (nSPS) is 24.5. The number of hydrogen-bond donors (Lipinski definition) is 2. The molecule has 0 aromatic heterocycles. The summed E-state index contributed by atoms with van der Waals surface area (Å²) in [6.45, 7) is 1.72. The van der Waals surface area contributed by atoms with E-state index in [0.717, 1.165) is 23.6 Å². The van der Waals surface area contributed by atoms with Gasteiger partial charge in [0, 0.05) is 25.4 Å². The highest BCUT2D eigenvalue weighted by molar-refractivity contribution is 6.23. The molecule has 0 aliphatic carbocycles. The molecule has 7 nitrogen and oxygen atoms in total. The molecular weight excluding hydrogens is 298 g/mol. The summed E-state index contributed by atoms with van der Waals surface area (Å²) in [6, 6.07) is 4.37. The monoisotopic (exact) mass is 313 g/mol. The molecule has 0 spiro atoms. The molecule has 118 valence electrons. The summed E-state index contributed by atoms with van der Waals surface area (Å²) in [5.41, 5.74) is 1.70. The zero-order valence-corrected chi connectivity index (χ0v) is 12.3. The Bertz CT molecular complexity index is 754. The van der Waals surface area contributed by atoms with E-state index in [4.69, 9.17) is 0 Å². The molecule has 4 rings (SSSR count). The molecule has 23 heavy (non-hydrogen) atoms. The summed E-state index contributed by atoms with van der Waals surface area (Å²) in [4.78, 5) is 49.4. The van der Waals surface area contributed by atoms with Gasteiger partial charge >= 0.3 is 0 Å². The maximum absolute atomic E-state index is 12.6. The standard InChI is InChI=1S/C16H15N3O4/c20-13-4-3-12(14(21)18-13)19-15(22)10-2-1-8(9-6-17-7-9)5-11(10)16(19)23/h1-2,5,9,12,17H,3-4,6-7H2,(H,18,20,21). The van der Waals surface area contributed by atoms with Gasteiger partial charge in [-0.1, -0.05) is 6.07 Å². The molecule has 0 bridgehead atoms. The highest BCUT2D eigenvalue weighted by Gasteiger charge is 2.44. The maximum Gasteiger partial charge on any atom is 0.262 e. The van der Waals surface area contributed by atoms with Gasteiger partial charge in [-0.25, -0.2) is 0 Å². The lowest BCUT2D eigenvalue weighted by Crippen LogP contribution is -2.54. The second-order valence-electron chi connectivity index (χ2n) is 6.11. The third-order valence-corrected chi connectivity index (χ3v) is 4.72. The Morgan fingerprint density at radius 3 is 2.39 bits per heavy atom. The quantitative estimate of drug-likeness (QED) is 0.736. The van der Waals surface area contributed by atoms with Crippen molar-refractivity contribution in [3.05, 3.63) is 34.9 Å². The molecule has 1 atom stereocenters. The van der Waals surface area contributed by atoms with Crippen LogP contribution in [0.15, 0.2) is 18.2 Å². The van der Waals surface area contributed by atoms with Crippen molar-refractivity contribution in [3.8, 4) is 0 Å². The van der Waals surface area contributed by atoms with E-state index in [-0.39, 0.29) is 18.7 Å². The Morgan fingerprint density at radius 2 is 1.74 bits per heavy atom. The van der Waals surface area contributed by atoms with Crippen LogP contribution in [-0.4, -0.2) is 47.7 Å².